The Morgan fingerprint density at radius 3 is 2.36 bits per heavy atom. The number of rotatable bonds is 3. The number of benzene rings is 2. The van der Waals surface area contributed by atoms with Crippen molar-refractivity contribution in [3.05, 3.63) is 84.2 Å². The van der Waals surface area contributed by atoms with Crippen molar-refractivity contribution >= 4 is 11.5 Å². The lowest BCUT2D eigenvalue weighted by Crippen LogP contribution is -2.35. The average Bonchev–Trinajstić information content (AvgIpc) is 3.19. The Bertz CT molecular complexity index is 900. The number of hydrogen-bond donors (Lipinski definition) is 0. The van der Waals surface area contributed by atoms with E-state index in [1.807, 2.05) is 53.4 Å². The van der Waals surface area contributed by atoms with Crippen LogP contribution in [0.4, 0.5) is 0 Å². The number of hydrogen-bond acceptors (Lipinski definition) is 3. The summed E-state index contributed by atoms with van der Waals surface area (Å²) < 4.78 is 0. The maximum atomic E-state index is 12.7. The fourth-order valence-electron chi connectivity index (χ4n) is 2.98. The van der Waals surface area contributed by atoms with Gasteiger partial charge in [0, 0.05) is 13.1 Å². The molecule has 0 unspecified atom stereocenters. The third-order valence-corrected chi connectivity index (χ3v) is 4.34. The van der Waals surface area contributed by atoms with E-state index < -0.39 is 0 Å². The van der Waals surface area contributed by atoms with Crippen LogP contribution in [0.1, 0.15) is 22.5 Å². The molecule has 0 bridgehead atoms. The first-order valence-electron chi connectivity index (χ1n) is 8.33. The van der Waals surface area contributed by atoms with E-state index in [0.29, 0.717) is 18.8 Å². The molecule has 0 saturated heterocycles. The fraction of sp³-hybridized carbons (Fsp3) is 0.150. The van der Waals surface area contributed by atoms with E-state index in [1.54, 1.807) is 0 Å². The lowest BCUT2D eigenvalue weighted by molar-refractivity contribution is 0.0766. The number of aromatic nitrogens is 3. The van der Waals surface area contributed by atoms with Crippen molar-refractivity contribution in [1.82, 2.24) is 19.9 Å². The minimum Gasteiger partial charge on any atom is -0.333 e. The molecule has 25 heavy (non-hydrogen) atoms. The molecule has 0 N–H and O–H groups in total. The quantitative estimate of drug-likeness (QED) is 0.741. The van der Waals surface area contributed by atoms with Crippen LogP contribution in [0.5, 0.6) is 0 Å². The second kappa shape index (κ2) is 6.73. The number of nitrogens with zero attached hydrogens (tertiary/aromatic N) is 4. The Morgan fingerprint density at radius 1 is 0.960 bits per heavy atom. The zero-order valence-electron chi connectivity index (χ0n) is 13.7. The van der Waals surface area contributed by atoms with Gasteiger partial charge in [-0.1, -0.05) is 54.6 Å². The molecule has 2 aromatic carbocycles. The first-order valence-corrected chi connectivity index (χ1v) is 8.33. The van der Waals surface area contributed by atoms with Crippen molar-refractivity contribution < 1.29 is 4.79 Å². The summed E-state index contributed by atoms with van der Waals surface area (Å²) in [6.07, 6.45) is 4.51. The van der Waals surface area contributed by atoms with Gasteiger partial charge in [-0.3, -0.25) is 4.79 Å². The van der Waals surface area contributed by atoms with Gasteiger partial charge in [0.1, 0.15) is 0 Å². The van der Waals surface area contributed by atoms with Crippen molar-refractivity contribution in [1.29, 1.82) is 0 Å². The van der Waals surface area contributed by atoms with Gasteiger partial charge in [-0.15, -0.1) is 5.10 Å². The van der Waals surface area contributed by atoms with Gasteiger partial charge < -0.3 is 4.90 Å². The average molecular weight is 330 g/mol. The van der Waals surface area contributed by atoms with Crippen molar-refractivity contribution in [2.75, 3.05) is 13.1 Å². The molecular formula is C20H18N4O. The molecule has 1 aromatic heterocycles. The summed E-state index contributed by atoms with van der Waals surface area (Å²) in [5.41, 5.74) is 3.73. The topological polar surface area (TPSA) is 51.0 Å². The van der Waals surface area contributed by atoms with Crippen LogP contribution in [-0.2, 0) is 0 Å². The SMILES string of the molecule is O=C(c1cnn(-c2ccccc2)n1)N1CC=C(c2ccccc2)CC1. The number of amides is 1. The second-order valence-electron chi connectivity index (χ2n) is 5.95. The number of carbonyl (C=O) groups excluding carboxylic acids is 1. The summed E-state index contributed by atoms with van der Waals surface area (Å²) >= 11 is 0. The Hall–Kier alpha value is -3.21. The molecule has 5 heteroatoms. The third-order valence-electron chi connectivity index (χ3n) is 4.34. The predicted molar refractivity (Wildman–Crippen MR) is 96.3 cm³/mol. The van der Waals surface area contributed by atoms with E-state index in [-0.39, 0.29) is 5.91 Å². The summed E-state index contributed by atoms with van der Waals surface area (Å²) in [4.78, 5) is 16.0. The van der Waals surface area contributed by atoms with Gasteiger partial charge in [-0.25, -0.2) is 0 Å². The van der Waals surface area contributed by atoms with Gasteiger partial charge in [-0.2, -0.15) is 9.90 Å². The van der Waals surface area contributed by atoms with Gasteiger partial charge in [0.25, 0.3) is 5.91 Å². The van der Waals surface area contributed by atoms with Gasteiger partial charge >= 0.3 is 0 Å². The first-order chi connectivity index (χ1) is 12.3. The highest BCUT2D eigenvalue weighted by atomic mass is 16.2. The number of para-hydroxylation sites is 1. The molecule has 5 nitrogen and oxygen atoms in total. The molecule has 1 amide bonds. The number of carbonyl (C=O) groups is 1. The lowest BCUT2D eigenvalue weighted by atomic mass is 9.99. The molecule has 0 spiro atoms. The van der Waals surface area contributed by atoms with Crippen LogP contribution < -0.4 is 0 Å². The smallest absolute Gasteiger partial charge is 0.276 e. The zero-order chi connectivity index (χ0) is 17.1. The van der Waals surface area contributed by atoms with Crippen molar-refractivity contribution in [2.24, 2.45) is 0 Å². The Morgan fingerprint density at radius 2 is 1.68 bits per heavy atom. The molecule has 0 radical (unpaired) electrons. The highest BCUT2D eigenvalue weighted by Gasteiger charge is 2.21. The molecule has 1 aliphatic rings. The van der Waals surface area contributed by atoms with E-state index >= 15 is 0 Å². The van der Waals surface area contributed by atoms with Crippen LogP contribution in [-0.4, -0.2) is 38.9 Å². The minimum absolute atomic E-state index is 0.0782. The Labute approximate surface area is 146 Å². The fourth-order valence-corrected chi connectivity index (χ4v) is 2.98. The molecule has 0 aliphatic carbocycles. The highest BCUT2D eigenvalue weighted by Crippen LogP contribution is 2.22. The predicted octanol–water partition coefficient (Wildman–Crippen LogP) is 3.20. The standard InChI is InChI=1S/C20H18N4O/c25-20(19-15-21-24(22-19)18-9-5-2-6-10-18)23-13-11-17(12-14-23)16-7-3-1-4-8-16/h1-11,15H,12-14H2. The van der Waals surface area contributed by atoms with Crippen LogP contribution in [0, 0.1) is 0 Å². The Balaban J connectivity index is 1.48. The normalized spacial score (nSPS) is 14.2. The van der Waals surface area contributed by atoms with Crippen LogP contribution in [0.3, 0.4) is 0 Å². The minimum atomic E-state index is -0.0782. The van der Waals surface area contributed by atoms with E-state index in [9.17, 15) is 4.79 Å². The summed E-state index contributed by atoms with van der Waals surface area (Å²) in [6.45, 7) is 1.29. The summed E-state index contributed by atoms with van der Waals surface area (Å²) in [7, 11) is 0. The maximum Gasteiger partial charge on any atom is 0.276 e. The van der Waals surface area contributed by atoms with Crippen LogP contribution >= 0.6 is 0 Å². The van der Waals surface area contributed by atoms with Crippen LogP contribution in [0.15, 0.2) is 72.9 Å². The second-order valence-corrected chi connectivity index (χ2v) is 5.95. The van der Waals surface area contributed by atoms with Crippen molar-refractivity contribution in [3.63, 3.8) is 0 Å². The molecule has 2 heterocycles. The van der Waals surface area contributed by atoms with Gasteiger partial charge in [-0.05, 0) is 29.7 Å². The monoisotopic (exact) mass is 330 g/mol. The molecule has 124 valence electrons. The molecule has 0 saturated carbocycles. The van der Waals surface area contributed by atoms with Crippen molar-refractivity contribution in [3.8, 4) is 5.69 Å². The molecule has 0 atom stereocenters. The van der Waals surface area contributed by atoms with E-state index in [1.165, 1.54) is 22.1 Å². The molecule has 3 aromatic rings. The highest BCUT2D eigenvalue weighted by molar-refractivity contribution is 5.92. The Kier molecular flexibility index (Phi) is 4.12. The largest absolute Gasteiger partial charge is 0.333 e. The maximum absolute atomic E-state index is 12.7. The zero-order valence-corrected chi connectivity index (χ0v) is 13.7. The summed E-state index contributed by atoms with van der Waals surface area (Å²) in [5, 5.41) is 8.53. The lowest BCUT2D eigenvalue weighted by Gasteiger charge is -2.25. The molecule has 4 rings (SSSR count). The van der Waals surface area contributed by atoms with E-state index in [4.69, 9.17) is 0 Å². The molecular weight excluding hydrogens is 312 g/mol. The van der Waals surface area contributed by atoms with E-state index in [2.05, 4.69) is 28.4 Å². The summed E-state index contributed by atoms with van der Waals surface area (Å²) in [5.74, 6) is -0.0782. The van der Waals surface area contributed by atoms with Crippen LogP contribution in [0.2, 0.25) is 0 Å². The van der Waals surface area contributed by atoms with Gasteiger partial charge in [0.2, 0.25) is 0 Å². The summed E-state index contributed by atoms with van der Waals surface area (Å²) in [6, 6.07) is 19.9. The van der Waals surface area contributed by atoms with Crippen molar-refractivity contribution in [2.45, 2.75) is 6.42 Å². The van der Waals surface area contributed by atoms with Crippen LogP contribution in [0.25, 0.3) is 11.3 Å². The first kappa shape index (κ1) is 15.3. The third kappa shape index (κ3) is 3.21. The molecule has 1 aliphatic heterocycles. The molecule has 0 fully saturated rings. The van der Waals surface area contributed by atoms with E-state index in [0.717, 1.165) is 12.1 Å². The van der Waals surface area contributed by atoms with Gasteiger partial charge in [0.15, 0.2) is 5.69 Å². The van der Waals surface area contributed by atoms with Gasteiger partial charge in [0.05, 0.1) is 11.9 Å².